The lowest BCUT2D eigenvalue weighted by Gasteiger charge is -2.28. The molecule has 20 heavy (non-hydrogen) atoms. The van der Waals surface area contributed by atoms with Crippen molar-refractivity contribution < 1.29 is 18.3 Å². The molecule has 2 rings (SSSR count). The summed E-state index contributed by atoms with van der Waals surface area (Å²) in [5.41, 5.74) is 0.913. The van der Waals surface area contributed by atoms with Crippen LogP contribution in [0.4, 0.5) is 13.6 Å². The molecule has 0 N–H and O–H groups in total. The third kappa shape index (κ3) is 3.68. The van der Waals surface area contributed by atoms with Crippen molar-refractivity contribution in [2.45, 2.75) is 44.7 Å². The summed E-state index contributed by atoms with van der Waals surface area (Å²) in [6.07, 6.45) is -0.640. The minimum atomic E-state index is -2.67. The summed E-state index contributed by atoms with van der Waals surface area (Å²) < 4.78 is 31.7. The predicted molar refractivity (Wildman–Crippen MR) is 71.6 cm³/mol. The maximum absolute atomic E-state index is 13.4. The number of hydrogen-bond donors (Lipinski definition) is 0. The van der Waals surface area contributed by atoms with E-state index in [0.29, 0.717) is 13.0 Å². The van der Waals surface area contributed by atoms with Gasteiger partial charge in [0, 0.05) is 25.4 Å². The summed E-state index contributed by atoms with van der Waals surface area (Å²) in [6.45, 7) is 2.26. The normalized spacial score (nSPS) is 20.6. The van der Waals surface area contributed by atoms with Crippen molar-refractivity contribution in [1.29, 1.82) is 0 Å². The SMILES string of the molecule is CCOC(=O)N(Cc1ccccc1)[C@@H]1CCC(F)(F)C1. The van der Waals surface area contributed by atoms with E-state index in [1.807, 2.05) is 30.3 Å². The fourth-order valence-electron chi connectivity index (χ4n) is 2.52. The van der Waals surface area contributed by atoms with Crippen LogP contribution in [0.15, 0.2) is 30.3 Å². The molecule has 0 unspecified atom stereocenters. The molecule has 1 aliphatic carbocycles. The summed E-state index contributed by atoms with van der Waals surface area (Å²) in [7, 11) is 0. The van der Waals surface area contributed by atoms with Crippen LogP contribution in [-0.4, -0.2) is 29.6 Å². The van der Waals surface area contributed by atoms with E-state index >= 15 is 0 Å². The van der Waals surface area contributed by atoms with E-state index in [1.54, 1.807) is 6.92 Å². The molecule has 1 aromatic carbocycles. The smallest absolute Gasteiger partial charge is 0.410 e. The Kier molecular flexibility index (Phi) is 4.57. The topological polar surface area (TPSA) is 29.5 Å². The Labute approximate surface area is 117 Å². The summed E-state index contributed by atoms with van der Waals surface area (Å²) >= 11 is 0. The molecular weight excluding hydrogens is 264 g/mol. The average Bonchev–Trinajstić information content (AvgIpc) is 2.77. The first-order valence-corrected chi connectivity index (χ1v) is 6.87. The van der Waals surface area contributed by atoms with Crippen LogP contribution in [0.25, 0.3) is 0 Å². The van der Waals surface area contributed by atoms with E-state index in [1.165, 1.54) is 4.90 Å². The Morgan fingerprint density at radius 2 is 2.10 bits per heavy atom. The number of amides is 1. The van der Waals surface area contributed by atoms with Crippen LogP contribution in [0, 0.1) is 0 Å². The van der Waals surface area contributed by atoms with Crippen LogP contribution in [-0.2, 0) is 11.3 Å². The lowest BCUT2D eigenvalue weighted by molar-refractivity contribution is 0.000135. The summed E-state index contributed by atoms with van der Waals surface area (Å²) in [5, 5.41) is 0. The number of hydrogen-bond acceptors (Lipinski definition) is 2. The largest absolute Gasteiger partial charge is 0.450 e. The Morgan fingerprint density at radius 1 is 1.40 bits per heavy atom. The number of rotatable bonds is 4. The molecular formula is C15H19F2NO2. The maximum atomic E-state index is 13.4. The summed E-state index contributed by atoms with van der Waals surface area (Å²) in [6, 6.07) is 8.90. The number of nitrogens with zero attached hydrogens (tertiary/aromatic N) is 1. The van der Waals surface area contributed by atoms with Crippen molar-refractivity contribution >= 4 is 6.09 Å². The van der Waals surface area contributed by atoms with E-state index in [-0.39, 0.29) is 19.4 Å². The Morgan fingerprint density at radius 3 is 2.65 bits per heavy atom. The third-order valence-electron chi connectivity index (χ3n) is 3.52. The van der Waals surface area contributed by atoms with Gasteiger partial charge in [0.15, 0.2) is 0 Å². The maximum Gasteiger partial charge on any atom is 0.410 e. The Bertz CT molecular complexity index is 450. The molecule has 1 aromatic rings. The van der Waals surface area contributed by atoms with Gasteiger partial charge in [-0.1, -0.05) is 30.3 Å². The molecule has 0 aromatic heterocycles. The first-order chi connectivity index (χ1) is 9.52. The molecule has 0 saturated heterocycles. The van der Waals surface area contributed by atoms with Gasteiger partial charge < -0.3 is 9.64 Å². The Hall–Kier alpha value is -1.65. The van der Waals surface area contributed by atoms with Crippen molar-refractivity contribution in [2.24, 2.45) is 0 Å². The first kappa shape index (κ1) is 14.8. The van der Waals surface area contributed by atoms with E-state index in [0.717, 1.165) is 5.56 Å². The van der Waals surface area contributed by atoms with Gasteiger partial charge in [-0.2, -0.15) is 0 Å². The van der Waals surface area contributed by atoms with Crippen LogP contribution in [0.5, 0.6) is 0 Å². The number of carbonyl (C=O) groups is 1. The summed E-state index contributed by atoms with van der Waals surface area (Å²) in [4.78, 5) is 13.4. The van der Waals surface area contributed by atoms with Crippen molar-refractivity contribution in [3.8, 4) is 0 Å². The first-order valence-electron chi connectivity index (χ1n) is 6.87. The highest BCUT2D eigenvalue weighted by molar-refractivity contribution is 5.68. The van der Waals surface area contributed by atoms with Gasteiger partial charge in [-0.3, -0.25) is 0 Å². The highest BCUT2D eigenvalue weighted by atomic mass is 19.3. The van der Waals surface area contributed by atoms with Gasteiger partial charge in [0.1, 0.15) is 0 Å². The molecule has 0 radical (unpaired) electrons. The number of ether oxygens (including phenoxy) is 1. The number of halogens is 2. The molecule has 5 heteroatoms. The molecule has 110 valence electrons. The van der Waals surface area contributed by atoms with Gasteiger partial charge in [0.2, 0.25) is 5.92 Å². The van der Waals surface area contributed by atoms with Crippen molar-refractivity contribution in [1.82, 2.24) is 4.90 Å². The van der Waals surface area contributed by atoms with E-state index < -0.39 is 18.1 Å². The van der Waals surface area contributed by atoms with Crippen LogP contribution < -0.4 is 0 Å². The highest BCUT2D eigenvalue weighted by Crippen LogP contribution is 2.38. The van der Waals surface area contributed by atoms with Crippen molar-refractivity contribution in [2.75, 3.05) is 6.61 Å². The molecule has 1 amide bonds. The molecule has 3 nitrogen and oxygen atoms in total. The van der Waals surface area contributed by atoms with Gasteiger partial charge in [0.05, 0.1) is 6.61 Å². The zero-order valence-electron chi connectivity index (χ0n) is 11.5. The molecule has 1 atom stereocenters. The van der Waals surface area contributed by atoms with E-state index in [4.69, 9.17) is 4.74 Å². The van der Waals surface area contributed by atoms with Crippen LogP contribution in [0.1, 0.15) is 31.7 Å². The van der Waals surface area contributed by atoms with Crippen LogP contribution in [0.2, 0.25) is 0 Å². The number of benzene rings is 1. The predicted octanol–water partition coefficient (Wildman–Crippen LogP) is 3.83. The second-order valence-corrected chi connectivity index (χ2v) is 5.06. The van der Waals surface area contributed by atoms with E-state index in [2.05, 4.69) is 0 Å². The monoisotopic (exact) mass is 283 g/mol. The quantitative estimate of drug-likeness (QED) is 0.840. The molecule has 1 aliphatic rings. The number of alkyl halides is 2. The molecule has 1 saturated carbocycles. The van der Waals surface area contributed by atoms with Gasteiger partial charge >= 0.3 is 6.09 Å². The second-order valence-electron chi connectivity index (χ2n) is 5.06. The zero-order chi connectivity index (χ0) is 14.6. The van der Waals surface area contributed by atoms with Gasteiger partial charge in [-0.05, 0) is 18.9 Å². The van der Waals surface area contributed by atoms with Gasteiger partial charge in [0.25, 0.3) is 0 Å². The minimum Gasteiger partial charge on any atom is -0.450 e. The Balaban J connectivity index is 2.11. The number of carbonyl (C=O) groups excluding carboxylic acids is 1. The summed E-state index contributed by atoms with van der Waals surface area (Å²) in [5.74, 6) is -2.67. The van der Waals surface area contributed by atoms with E-state index in [9.17, 15) is 13.6 Å². The minimum absolute atomic E-state index is 0.164. The third-order valence-corrected chi connectivity index (χ3v) is 3.52. The van der Waals surface area contributed by atoms with Crippen LogP contribution >= 0.6 is 0 Å². The molecule has 1 fully saturated rings. The standard InChI is InChI=1S/C15H19F2NO2/c1-2-20-14(19)18(11-12-6-4-3-5-7-12)13-8-9-15(16,17)10-13/h3-7,13H,2,8-11H2,1H3/t13-/m1/s1. The fourth-order valence-corrected chi connectivity index (χ4v) is 2.52. The average molecular weight is 283 g/mol. The fraction of sp³-hybridized carbons (Fsp3) is 0.533. The second kappa shape index (κ2) is 6.20. The van der Waals surface area contributed by atoms with Gasteiger partial charge in [-0.25, -0.2) is 13.6 Å². The zero-order valence-corrected chi connectivity index (χ0v) is 11.5. The lowest BCUT2D eigenvalue weighted by atomic mass is 10.1. The lowest BCUT2D eigenvalue weighted by Crippen LogP contribution is -2.39. The molecule has 0 bridgehead atoms. The van der Waals surface area contributed by atoms with Crippen LogP contribution in [0.3, 0.4) is 0 Å². The van der Waals surface area contributed by atoms with Crippen molar-refractivity contribution in [3.63, 3.8) is 0 Å². The molecule has 0 heterocycles. The molecule has 0 aliphatic heterocycles. The van der Waals surface area contributed by atoms with Crippen molar-refractivity contribution in [3.05, 3.63) is 35.9 Å². The highest BCUT2D eigenvalue weighted by Gasteiger charge is 2.43. The van der Waals surface area contributed by atoms with Gasteiger partial charge in [-0.15, -0.1) is 0 Å². The molecule has 0 spiro atoms.